The van der Waals surface area contributed by atoms with E-state index in [2.05, 4.69) is 0 Å². The van der Waals surface area contributed by atoms with Crippen LogP contribution in [0, 0.1) is 0 Å². The van der Waals surface area contributed by atoms with Crippen LogP contribution in [0.4, 0.5) is 0 Å². The van der Waals surface area contributed by atoms with Crippen LogP contribution < -0.4 is 0 Å². The molecule has 1 atom stereocenters. The molecule has 0 N–H and O–H groups in total. The fourth-order valence-corrected chi connectivity index (χ4v) is 2.20. The van der Waals surface area contributed by atoms with Crippen molar-refractivity contribution in [2.24, 2.45) is 0 Å². The molecule has 2 aromatic carbocycles. The maximum atomic E-state index is 11.6. The molecule has 0 aromatic heterocycles. The van der Waals surface area contributed by atoms with Crippen molar-refractivity contribution in [3.8, 4) is 0 Å². The van der Waals surface area contributed by atoms with Crippen LogP contribution in [-0.4, -0.2) is 10.8 Å². The molecule has 15 heavy (non-hydrogen) atoms. The Labute approximate surface area is 91.5 Å². The Bertz CT molecular complexity index is 494. The predicted molar refractivity (Wildman–Crippen MR) is 62.0 cm³/mol. The molecule has 3 heteroatoms. The van der Waals surface area contributed by atoms with Gasteiger partial charge >= 0.3 is 0 Å². The zero-order valence-electron chi connectivity index (χ0n) is 8.47. The van der Waals surface area contributed by atoms with E-state index in [4.69, 9.17) is 4.18 Å². The minimum Gasteiger partial charge on any atom is -0.287 e. The van der Waals surface area contributed by atoms with Crippen LogP contribution in [-0.2, 0) is 15.3 Å². The molecule has 0 spiro atoms. The Morgan fingerprint density at radius 3 is 2.60 bits per heavy atom. The number of hydrogen-bond acceptors (Lipinski definition) is 2. The van der Waals surface area contributed by atoms with E-state index in [0.29, 0.717) is 6.61 Å². The maximum absolute atomic E-state index is 11.6. The Balaban J connectivity index is 2.42. The highest BCUT2D eigenvalue weighted by Gasteiger charge is 2.03. The molecule has 0 radical (unpaired) electrons. The van der Waals surface area contributed by atoms with Gasteiger partial charge in [0.1, 0.15) is 0 Å². The summed E-state index contributed by atoms with van der Waals surface area (Å²) in [6, 6.07) is 13.7. The third kappa shape index (κ3) is 2.25. The summed E-state index contributed by atoms with van der Waals surface area (Å²) in [6.07, 6.45) is 0. The van der Waals surface area contributed by atoms with Gasteiger partial charge in [-0.2, -0.15) is 0 Å². The van der Waals surface area contributed by atoms with Crippen molar-refractivity contribution in [3.63, 3.8) is 0 Å². The summed E-state index contributed by atoms with van der Waals surface area (Å²) in [5.74, 6) is 0. The van der Waals surface area contributed by atoms with Gasteiger partial charge < -0.3 is 0 Å². The number of rotatable bonds is 3. The second kappa shape index (κ2) is 4.55. The SMILES string of the molecule is CCOS(=O)c1ccc2ccccc2c1. The smallest absolute Gasteiger partial charge is 0.189 e. The Morgan fingerprint density at radius 2 is 1.87 bits per heavy atom. The molecule has 78 valence electrons. The summed E-state index contributed by atoms with van der Waals surface area (Å²) in [7, 11) is 0. The van der Waals surface area contributed by atoms with Crippen molar-refractivity contribution in [2.75, 3.05) is 6.61 Å². The molecule has 2 aromatic rings. The molecule has 0 saturated carbocycles. The van der Waals surface area contributed by atoms with Gasteiger partial charge in [-0.05, 0) is 29.8 Å². The van der Waals surface area contributed by atoms with Crippen molar-refractivity contribution in [1.29, 1.82) is 0 Å². The van der Waals surface area contributed by atoms with Crippen LogP contribution >= 0.6 is 0 Å². The molecule has 0 heterocycles. The summed E-state index contributed by atoms with van der Waals surface area (Å²) in [5.41, 5.74) is 0. The molecule has 0 aliphatic carbocycles. The molecule has 0 aliphatic rings. The molecule has 0 amide bonds. The van der Waals surface area contributed by atoms with Gasteiger partial charge in [0.2, 0.25) is 0 Å². The van der Waals surface area contributed by atoms with Gasteiger partial charge in [-0.25, -0.2) is 4.21 Å². The second-order valence-electron chi connectivity index (χ2n) is 3.15. The molecule has 0 bridgehead atoms. The minimum absolute atomic E-state index is 0.458. The summed E-state index contributed by atoms with van der Waals surface area (Å²) < 4.78 is 16.6. The van der Waals surface area contributed by atoms with E-state index < -0.39 is 11.1 Å². The van der Waals surface area contributed by atoms with E-state index in [1.807, 2.05) is 49.4 Å². The quantitative estimate of drug-likeness (QED) is 0.795. The van der Waals surface area contributed by atoms with Crippen molar-refractivity contribution in [1.82, 2.24) is 0 Å². The maximum Gasteiger partial charge on any atom is 0.189 e. The van der Waals surface area contributed by atoms with Crippen LogP contribution in [0.3, 0.4) is 0 Å². The van der Waals surface area contributed by atoms with Crippen LogP contribution in [0.15, 0.2) is 47.4 Å². The van der Waals surface area contributed by atoms with E-state index in [9.17, 15) is 4.21 Å². The van der Waals surface area contributed by atoms with E-state index in [1.54, 1.807) is 0 Å². The lowest BCUT2D eigenvalue weighted by atomic mass is 10.1. The summed E-state index contributed by atoms with van der Waals surface area (Å²) in [6.45, 7) is 2.29. The molecule has 2 rings (SSSR count). The number of benzene rings is 2. The zero-order chi connectivity index (χ0) is 10.7. The van der Waals surface area contributed by atoms with Crippen molar-refractivity contribution in [3.05, 3.63) is 42.5 Å². The Hall–Kier alpha value is -1.19. The summed E-state index contributed by atoms with van der Waals surface area (Å²) in [4.78, 5) is 0.718. The van der Waals surface area contributed by atoms with E-state index >= 15 is 0 Å². The third-order valence-electron chi connectivity index (χ3n) is 2.14. The highest BCUT2D eigenvalue weighted by molar-refractivity contribution is 7.80. The molecular formula is C12H12O2S. The monoisotopic (exact) mass is 220 g/mol. The molecule has 0 aliphatic heterocycles. The van der Waals surface area contributed by atoms with Crippen LogP contribution in [0.2, 0.25) is 0 Å². The molecule has 0 fully saturated rings. The van der Waals surface area contributed by atoms with Gasteiger partial charge in [0, 0.05) is 0 Å². The van der Waals surface area contributed by atoms with Gasteiger partial charge in [0.25, 0.3) is 0 Å². The zero-order valence-corrected chi connectivity index (χ0v) is 9.29. The van der Waals surface area contributed by atoms with Crippen molar-refractivity contribution < 1.29 is 8.39 Å². The first-order valence-electron chi connectivity index (χ1n) is 4.85. The highest BCUT2D eigenvalue weighted by Crippen LogP contribution is 2.18. The minimum atomic E-state index is -1.34. The largest absolute Gasteiger partial charge is 0.287 e. The first kappa shape index (κ1) is 10.3. The lowest BCUT2D eigenvalue weighted by molar-refractivity contribution is 0.371. The first-order chi connectivity index (χ1) is 7.31. The summed E-state index contributed by atoms with van der Waals surface area (Å²) in [5, 5.41) is 2.23. The fourth-order valence-electron chi connectivity index (χ4n) is 1.45. The summed E-state index contributed by atoms with van der Waals surface area (Å²) >= 11 is -1.34. The topological polar surface area (TPSA) is 26.3 Å². The Morgan fingerprint density at radius 1 is 1.13 bits per heavy atom. The average molecular weight is 220 g/mol. The number of fused-ring (bicyclic) bond motifs is 1. The van der Waals surface area contributed by atoms with Gasteiger partial charge in [-0.1, -0.05) is 30.3 Å². The standard InChI is InChI=1S/C12H12O2S/c1-2-14-15(13)12-8-7-10-5-3-4-6-11(10)9-12/h3-9H,2H2,1H3. The predicted octanol–water partition coefficient (Wildman–Crippen LogP) is 2.90. The third-order valence-corrected chi connectivity index (χ3v) is 3.23. The Kier molecular flexibility index (Phi) is 3.14. The molecular weight excluding hydrogens is 208 g/mol. The normalized spacial score (nSPS) is 12.9. The number of hydrogen-bond donors (Lipinski definition) is 0. The lowest BCUT2D eigenvalue weighted by Crippen LogP contribution is -1.96. The van der Waals surface area contributed by atoms with E-state index in [1.165, 1.54) is 0 Å². The first-order valence-corrected chi connectivity index (χ1v) is 5.92. The van der Waals surface area contributed by atoms with Gasteiger partial charge in [-0.3, -0.25) is 4.18 Å². The second-order valence-corrected chi connectivity index (χ2v) is 4.33. The molecule has 0 saturated heterocycles. The lowest BCUT2D eigenvalue weighted by Gasteiger charge is -2.02. The van der Waals surface area contributed by atoms with E-state index in [0.717, 1.165) is 15.7 Å². The average Bonchev–Trinajstić information content (AvgIpc) is 2.29. The van der Waals surface area contributed by atoms with Crippen LogP contribution in [0.5, 0.6) is 0 Å². The van der Waals surface area contributed by atoms with Gasteiger partial charge in [-0.15, -0.1) is 0 Å². The van der Waals surface area contributed by atoms with Crippen molar-refractivity contribution in [2.45, 2.75) is 11.8 Å². The fraction of sp³-hybridized carbons (Fsp3) is 0.167. The van der Waals surface area contributed by atoms with Gasteiger partial charge in [0.15, 0.2) is 11.1 Å². The molecule has 2 nitrogen and oxygen atoms in total. The van der Waals surface area contributed by atoms with Crippen LogP contribution in [0.1, 0.15) is 6.92 Å². The highest BCUT2D eigenvalue weighted by atomic mass is 32.2. The van der Waals surface area contributed by atoms with Crippen molar-refractivity contribution >= 4 is 21.9 Å². The van der Waals surface area contributed by atoms with E-state index in [-0.39, 0.29) is 0 Å². The van der Waals surface area contributed by atoms with Gasteiger partial charge in [0.05, 0.1) is 11.5 Å². The molecule has 1 unspecified atom stereocenters. The van der Waals surface area contributed by atoms with Crippen LogP contribution in [0.25, 0.3) is 10.8 Å².